The van der Waals surface area contributed by atoms with Crippen molar-refractivity contribution in [2.75, 3.05) is 25.1 Å². The SMILES string of the molecule is C=CCCC(=O)N(C)[C@H](C)[C@H](OC(=O)[C@H]1[C@@H]2O[C@@]3(CC2Br)[C@@H]1C(=O)N([C@@H](CC)CO)[C@@H]3C(=O)N(CC=C)c1ccccc1Cl)c1ccccc1. The van der Waals surface area contributed by atoms with Gasteiger partial charge in [-0.15, -0.1) is 13.2 Å². The largest absolute Gasteiger partial charge is 0.455 e. The molecule has 5 rings (SSSR count). The number of aliphatic hydroxyl groups is 1. The van der Waals surface area contributed by atoms with Crippen LogP contribution in [0.1, 0.15) is 51.2 Å². The molecule has 3 aliphatic heterocycles. The van der Waals surface area contributed by atoms with Gasteiger partial charge in [0.15, 0.2) is 0 Å². The number of likely N-dealkylation sites (N-methyl/N-ethyl adjacent to an activating group) is 1. The maximum atomic E-state index is 14.8. The van der Waals surface area contributed by atoms with E-state index in [1.54, 1.807) is 48.4 Å². The van der Waals surface area contributed by atoms with Gasteiger partial charge >= 0.3 is 5.97 Å². The maximum Gasteiger partial charge on any atom is 0.313 e. The van der Waals surface area contributed by atoms with Crippen LogP contribution in [0.4, 0.5) is 5.69 Å². The summed E-state index contributed by atoms with van der Waals surface area (Å²) in [5.41, 5.74) is -0.274. The van der Waals surface area contributed by atoms with Crippen molar-refractivity contribution in [3.8, 4) is 0 Å². The van der Waals surface area contributed by atoms with Gasteiger partial charge in [0.05, 0.1) is 47.3 Å². The molecule has 1 unspecified atom stereocenters. The fraction of sp³-hybridized carbons (Fsp3) is 0.474. The second kappa shape index (κ2) is 15.8. The van der Waals surface area contributed by atoms with E-state index < -0.39 is 72.2 Å². The van der Waals surface area contributed by atoms with E-state index in [4.69, 9.17) is 21.1 Å². The number of carbonyl (C=O) groups is 4. The van der Waals surface area contributed by atoms with Crippen molar-refractivity contribution >= 4 is 56.9 Å². The number of hydrogen-bond donors (Lipinski definition) is 1. The summed E-state index contributed by atoms with van der Waals surface area (Å²) in [7, 11) is 1.67. The number of aliphatic hydroxyl groups excluding tert-OH is 1. The molecular formula is C38H45BrClN3O7. The van der Waals surface area contributed by atoms with Crippen LogP contribution in [0.25, 0.3) is 0 Å². The first-order valence-corrected chi connectivity index (χ1v) is 18.3. The summed E-state index contributed by atoms with van der Waals surface area (Å²) in [5, 5.41) is 10.8. The Morgan fingerprint density at radius 3 is 2.46 bits per heavy atom. The van der Waals surface area contributed by atoms with Gasteiger partial charge in [-0.1, -0.05) is 89.1 Å². The van der Waals surface area contributed by atoms with Crippen LogP contribution >= 0.6 is 27.5 Å². The van der Waals surface area contributed by atoms with E-state index in [0.29, 0.717) is 29.1 Å². The highest BCUT2D eigenvalue weighted by molar-refractivity contribution is 9.09. The highest BCUT2D eigenvalue weighted by Gasteiger charge is 2.77. The molecule has 50 heavy (non-hydrogen) atoms. The molecule has 3 aliphatic rings. The highest BCUT2D eigenvalue weighted by atomic mass is 79.9. The van der Waals surface area contributed by atoms with E-state index in [1.807, 2.05) is 44.2 Å². The Morgan fingerprint density at radius 2 is 1.84 bits per heavy atom. The number of benzene rings is 2. The number of ether oxygens (including phenoxy) is 2. The van der Waals surface area contributed by atoms with Gasteiger partial charge in [0.25, 0.3) is 5.91 Å². The zero-order chi connectivity index (χ0) is 36.3. The summed E-state index contributed by atoms with van der Waals surface area (Å²) in [6.07, 6.45) is 3.02. The maximum absolute atomic E-state index is 14.8. The number of anilines is 1. The number of allylic oxidation sites excluding steroid dienone is 1. The molecule has 9 atom stereocenters. The lowest BCUT2D eigenvalue weighted by atomic mass is 9.70. The molecule has 1 spiro atoms. The number of esters is 1. The van der Waals surface area contributed by atoms with Crippen LogP contribution < -0.4 is 4.90 Å². The normalized spacial score (nSPS) is 26.9. The van der Waals surface area contributed by atoms with E-state index in [2.05, 4.69) is 29.1 Å². The van der Waals surface area contributed by atoms with Gasteiger partial charge in [0.1, 0.15) is 17.7 Å². The van der Waals surface area contributed by atoms with Gasteiger partial charge in [-0.25, -0.2) is 0 Å². The smallest absolute Gasteiger partial charge is 0.313 e. The summed E-state index contributed by atoms with van der Waals surface area (Å²) >= 11 is 10.3. The quantitative estimate of drug-likeness (QED) is 0.145. The van der Waals surface area contributed by atoms with Crippen molar-refractivity contribution in [2.24, 2.45) is 11.8 Å². The van der Waals surface area contributed by atoms with E-state index in [1.165, 1.54) is 9.80 Å². The van der Waals surface area contributed by atoms with E-state index >= 15 is 0 Å². The number of rotatable bonds is 15. The van der Waals surface area contributed by atoms with Gasteiger partial charge < -0.3 is 29.3 Å². The number of likely N-dealkylation sites (tertiary alicyclic amines) is 1. The molecular weight excluding hydrogens is 726 g/mol. The van der Waals surface area contributed by atoms with Crippen molar-refractivity contribution in [3.63, 3.8) is 0 Å². The molecule has 10 nitrogen and oxygen atoms in total. The molecule has 0 aliphatic carbocycles. The van der Waals surface area contributed by atoms with Crippen molar-refractivity contribution in [2.45, 2.75) is 80.3 Å². The van der Waals surface area contributed by atoms with Crippen molar-refractivity contribution < 1.29 is 33.8 Å². The number of alkyl halides is 1. The Morgan fingerprint density at radius 1 is 1.16 bits per heavy atom. The zero-order valence-electron chi connectivity index (χ0n) is 28.6. The predicted octanol–water partition coefficient (Wildman–Crippen LogP) is 5.48. The van der Waals surface area contributed by atoms with Gasteiger partial charge in [0, 0.05) is 24.8 Å². The molecule has 2 aromatic carbocycles. The zero-order valence-corrected chi connectivity index (χ0v) is 31.0. The Labute approximate surface area is 307 Å². The fourth-order valence-corrected chi connectivity index (χ4v) is 8.98. The molecule has 3 fully saturated rings. The first kappa shape index (κ1) is 37.7. The monoisotopic (exact) mass is 769 g/mol. The van der Waals surface area contributed by atoms with Crippen LogP contribution in [0.5, 0.6) is 0 Å². The van der Waals surface area contributed by atoms with Gasteiger partial charge in [0.2, 0.25) is 11.8 Å². The molecule has 1 N–H and O–H groups in total. The second-order valence-corrected chi connectivity index (χ2v) is 14.8. The van der Waals surface area contributed by atoms with Crippen molar-refractivity contribution in [1.29, 1.82) is 0 Å². The Hall–Kier alpha value is -3.51. The van der Waals surface area contributed by atoms with Crippen LogP contribution in [-0.4, -0.2) is 93.5 Å². The van der Waals surface area contributed by atoms with Gasteiger partial charge in [-0.3, -0.25) is 19.2 Å². The average Bonchev–Trinajstić information content (AvgIpc) is 3.72. The fourth-order valence-electron chi connectivity index (χ4n) is 7.80. The Bertz CT molecular complexity index is 1610. The van der Waals surface area contributed by atoms with E-state index in [-0.39, 0.29) is 30.1 Å². The van der Waals surface area contributed by atoms with Crippen LogP contribution in [0, 0.1) is 11.8 Å². The minimum atomic E-state index is -1.40. The number of fused-ring (bicyclic) bond motifs is 1. The molecule has 3 amide bonds. The molecule has 3 heterocycles. The summed E-state index contributed by atoms with van der Waals surface area (Å²) in [5.74, 6) is -3.81. The van der Waals surface area contributed by atoms with Crippen LogP contribution in [0.3, 0.4) is 0 Å². The minimum Gasteiger partial charge on any atom is -0.455 e. The van der Waals surface area contributed by atoms with Crippen molar-refractivity contribution in [3.05, 3.63) is 90.5 Å². The number of halogens is 2. The van der Waals surface area contributed by atoms with Crippen molar-refractivity contribution in [1.82, 2.24) is 9.80 Å². The molecule has 12 heteroatoms. The number of hydrogen-bond acceptors (Lipinski definition) is 7. The summed E-state index contributed by atoms with van der Waals surface area (Å²) in [4.78, 5) is 61.2. The molecule has 0 saturated carbocycles. The first-order valence-electron chi connectivity index (χ1n) is 17.0. The van der Waals surface area contributed by atoms with Crippen LogP contribution in [-0.2, 0) is 28.7 Å². The summed E-state index contributed by atoms with van der Waals surface area (Å²) in [6, 6.07) is 13.6. The number of para-hydroxylation sites is 1. The molecule has 2 bridgehead atoms. The number of nitrogens with zero attached hydrogens (tertiary/aromatic N) is 3. The molecule has 268 valence electrons. The first-order chi connectivity index (χ1) is 24.0. The van der Waals surface area contributed by atoms with E-state index in [0.717, 1.165) is 0 Å². The number of carbonyl (C=O) groups excluding carboxylic acids is 4. The molecule has 2 aromatic rings. The molecule has 3 saturated heterocycles. The molecule has 0 aromatic heterocycles. The lowest BCUT2D eigenvalue weighted by Gasteiger charge is -2.39. The standard InChI is InChI=1S/C38H45BrClN3O7/c1-6-9-19-29(45)41(5)23(4)32(24-15-11-10-12-16-24)49-37(48)30-31-35(46)43(25(8-3)22-44)34(38(31)21-26(39)33(30)50-38)36(47)42(20-7-2)28-18-14-13-17-27(28)40/h6-7,10-18,23,25-26,30-34,44H,1-2,8-9,19-22H2,3-5H3/t23-,25+,26?,30-,31+,32+,33-,34-,38+/m1/s1. The third-order valence-corrected chi connectivity index (χ3v) is 11.6. The summed E-state index contributed by atoms with van der Waals surface area (Å²) in [6.45, 7) is 10.9. The third kappa shape index (κ3) is 6.65. The average molecular weight is 771 g/mol. The van der Waals surface area contributed by atoms with Crippen LogP contribution in [0.15, 0.2) is 79.9 Å². The summed E-state index contributed by atoms with van der Waals surface area (Å²) < 4.78 is 13.0. The Kier molecular flexibility index (Phi) is 11.9. The lowest BCUT2D eigenvalue weighted by Crippen LogP contribution is -2.59. The minimum absolute atomic E-state index is 0.0973. The number of amides is 3. The predicted molar refractivity (Wildman–Crippen MR) is 195 cm³/mol. The molecule has 0 radical (unpaired) electrons. The lowest BCUT2D eigenvalue weighted by molar-refractivity contribution is -0.165. The Balaban J connectivity index is 1.55. The van der Waals surface area contributed by atoms with E-state index in [9.17, 15) is 24.3 Å². The topological polar surface area (TPSA) is 117 Å². The third-order valence-electron chi connectivity index (χ3n) is 10.4. The highest BCUT2D eigenvalue weighted by Crippen LogP contribution is 2.61. The second-order valence-electron chi connectivity index (χ2n) is 13.2. The van der Waals surface area contributed by atoms with Crippen LogP contribution in [0.2, 0.25) is 5.02 Å². The van der Waals surface area contributed by atoms with Gasteiger partial charge in [-0.2, -0.15) is 0 Å². The van der Waals surface area contributed by atoms with Gasteiger partial charge in [-0.05, 0) is 43.9 Å².